The molecule has 2 aliphatic rings. The van der Waals surface area contributed by atoms with E-state index in [1.807, 2.05) is 79.4 Å². The lowest BCUT2D eigenvalue weighted by Gasteiger charge is -2.45. The SMILES string of the molecule is C=CC(C)(C)c1cc2sc(-c3cc4c(s3)-c3sc(C(C)(CC)C(C)(CC)c5cc6sc(-c7cc8c(s7)-c7sc(C(C)(C)CC)cc7C(=O)C8(CCCCCCCCCCCCCCC)CCCCCCCCCCCCCCC)cc6s5)cc3C(=O)C4(CCC(CCCCCCC)CCCCCCCCC)CCC(CCCCCCC)CCCCCCCCC)cc2s1. The quantitative estimate of drug-likeness (QED) is 0.0281. The maximum atomic E-state index is 17.5. The fraction of sp³-hybridized carbons (Fsp3) is 0.729. The molecule has 0 spiro atoms. The molecule has 0 aromatic carbocycles. The second kappa shape index (κ2) is 55.0. The highest BCUT2D eigenvalue weighted by atomic mass is 32.1. The van der Waals surface area contributed by atoms with Crippen LogP contribution in [0.1, 0.15) is 560 Å². The summed E-state index contributed by atoms with van der Waals surface area (Å²) >= 11 is 16.0. The second-order valence-electron chi connectivity index (χ2n) is 42.7. The number of rotatable bonds is 73. The number of carbonyl (C=O) groups excluding carboxylic acids is 2. The lowest BCUT2D eigenvalue weighted by molar-refractivity contribution is 0.0839. The third-order valence-electron chi connectivity index (χ3n) is 32.3. The first-order valence-electron chi connectivity index (χ1n) is 54.5. The molecule has 8 aromatic heterocycles. The maximum Gasteiger partial charge on any atom is 0.174 e. The normalized spacial score (nSPS) is 16.1. The van der Waals surface area contributed by atoms with E-state index in [1.165, 1.54) is 422 Å². The van der Waals surface area contributed by atoms with Crippen molar-refractivity contribution in [1.29, 1.82) is 0 Å². The van der Waals surface area contributed by atoms with Gasteiger partial charge in [-0.2, -0.15) is 0 Å². The Balaban J connectivity index is 1.01. The van der Waals surface area contributed by atoms with Crippen LogP contribution in [0.3, 0.4) is 0 Å². The lowest BCUT2D eigenvalue weighted by atomic mass is 9.60. The van der Waals surface area contributed by atoms with Gasteiger partial charge >= 0.3 is 0 Å². The Morgan fingerprint density at radius 2 is 0.547 bits per heavy atom. The Labute approximate surface area is 818 Å². The van der Waals surface area contributed by atoms with E-state index < -0.39 is 10.8 Å². The molecule has 0 aliphatic heterocycles. The minimum atomic E-state index is -0.587. The number of hydrogen-bond acceptors (Lipinski definition) is 10. The molecule has 0 radical (unpaired) electrons. The molecule has 10 rings (SSSR count). The van der Waals surface area contributed by atoms with Crippen molar-refractivity contribution in [3.05, 3.63) is 103 Å². The Morgan fingerprint density at radius 3 is 0.867 bits per heavy atom. The summed E-state index contributed by atoms with van der Waals surface area (Å²) in [5, 5.41) is 0. The molecular weight excluding hydrogens is 1710 g/mol. The van der Waals surface area contributed by atoms with E-state index in [1.54, 1.807) is 0 Å². The van der Waals surface area contributed by atoms with Crippen molar-refractivity contribution in [2.75, 3.05) is 0 Å². The van der Waals surface area contributed by atoms with E-state index >= 15 is 9.59 Å². The van der Waals surface area contributed by atoms with Crippen LogP contribution in [-0.4, -0.2) is 11.6 Å². The van der Waals surface area contributed by atoms with Gasteiger partial charge in [-0.15, -0.1) is 97.3 Å². The van der Waals surface area contributed by atoms with Crippen LogP contribution in [0.5, 0.6) is 0 Å². The summed E-state index contributed by atoms with van der Waals surface area (Å²) in [6.45, 7) is 40.3. The molecule has 8 aromatic rings. The van der Waals surface area contributed by atoms with Gasteiger partial charge in [0.15, 0.2) is 11.6 Å². The van der Waals surface area contributed by atoms with Crippen molar-refractivity contribution in [3.63, 3.8) is 0 Å². The number of ketones is 2. The van der Waals surface area contributed by atoms with E-state index in [2.05, 4.69) is 176 Å². The smallest absolute Gasteiger partial charge is 0.174 e. The predicted octanol–water partition coefficient (Wildman–Crippen LogP) is 44.0. The van der Waals surface area contributed by atoms with Gasteiger partial charge < -0.3 is 0 Å². The highest BCUT2D eigenvalue weighted by Gasteiger charge is 2.53. The first-order chi connectivity index (χ1) is 62.1. The number of Topliss-reactive ketones (excluding diaryl/α,β-unsaturated/α-hetero) is 2. The third kappa shape index (κ3) is 28.5. The molecular formula is C118H184O2S8. The fourth-order valence-corrected chi connectivity index (χ4v) is 33.1. The maximum absolute atomic E-state index is 17.5. The average molecular weight is 1890 g/mol. The van der Waals surface area contributed by atoms with Gasteiger partial charge in [-0.3, -0.25) is 9.59 Å². The third-order valence-corrected chi connectivity index (χ3v) is 43.4. The summed E-state index contributed by atoms with van der Waals surface area (Å²) in [5.41, 5.74) is 3.19. The fourth-order valence-electron chi connectivity index (χ4n) is 22.1. The molecule has 2 aliphatic carbocycles. The molecule has 0 amide bonds. The van der Waals surface area contributed by atoms with Crippen LogP contribution in [0.25, 0.3) is 57.8 Å². The summed E-state index contributed by atoms with van der Waals surface area (Å²) < 4.78 is 5.54. The molecule has 0 N–H and O–H groups in total. The monoisotopic (exact) mass is 1890 g/mol. The van der Waals surface area contributed by atoms with E-state index in [0.717, 1.165) is 81.8 Å². The van der Waals surface area contributed by atoms with E-state index in [9.17, 15) is 0 Å². The lowest BCUT2D eigenvalue weighted by Crippen LogP contribution is -2.43. The number of unbranched alkanes of at least 4 members (excludes halogenated alkanes) is 44. The van der Waals surface area contributed by atoms with Crippen LogP contribution in [0.4, 0.5) is 0 Å². The number of carbonyl (C=O) groups is 2. The van der Waals surface area contributed by atoms with Crippen LogP contribution in [0.15, 0.2) is 61.2 Å². The van der Waals surface area contributed by atoms with Crippen LogP contribution >= 0.6 is 90.7 Å². The summed E-state index contributed by atoms with van der Waals surface area (Å²) in [6.07, 6.45) is 83.3. The van der Waals surface area contributed by atoms with Gasteiger partial charge in [-0.25, -0.2) is 0 Å². The van der Waals surface area contributed by atoms with Crippen molar-refractivity contribution < 1.29 is 9.59 Å². The average Bonchev–Trinajstić information content (AvgIpc) is 1.54. The zero-order valence-electron chi connectivity index (χ0n) is 84.7. The van der Waals surface area contributed by atoms with Crippen molar-refractivity contribution in [2.45, 2.75) is 541 Å². The van der Waals surface area contributed by atoms with E-state index in [0.29, 0.717) is 23.4 Å². The van der Waals surface area contributed by atoms with Crippen molar-refractivity contribution in [3.8, 4) is 39.0 Å². The Hall–Kier alpha value is -2.80. The molecule has 0 fully saturated rings. The van der Waals surface area contributed by atoms with Gasteiger partial charge in [-0.05, 0) is 135 Å². The van der Waals surface area contributed by atoms with Gasteiger partial charge in [0.05, 0.1) is 20.6 Å². The van der Waals surface area contributed by atoms with Crippen LogP contribution in [-0.2, 0) is 32.5 Å². The standard InChI is InChI=1S/C118H184O2S8/c1-17-27-33-39-43-45-47-49-51-53-57-63-69-77-117(78-70-64-58-54-52-50-48-46-44-40-34-28-18-2)93-83-95(125-109(93)107-91(111(117)119)81-103(127-107)113(11,12)23-7)98-86-100-102(122-98)88-106(124-100)116(16,26-10)115(15,25-9)105-82-92-108(128-105)110-94(84-96(126-110)97-85-99-101(121-97)87-104(123-99)114(13,14)24-8)118(112(92)120,79-75-89(71-65-59-37-31-21-5)73-67-61-55-41-35-29-19-3)80-76-90(72-66-60-38-32-22-6)74-68-62-56-42-36-30-20-4/h24,81-90H,8,17-23,25-80H2,1-7,9-16H3. The zero-order valence-corrected chi connectivity index (χ0v) is 91.2. The van der Waals surface area contributed by atoms with Gasteiger partial charge in [0.1, 0.15) is 0 Å². The molecule has 0 saturated heterocycles. The minimum absolute atomic E-state index is 0.000971. The van der Waals surface area contributed by atoms with Gasteiger partial charge in [0.2, 0.25) is 0 Å². The summed E-state index contributed by atoms with van der Waals surface area (Å²) in [6, 6.07) is 20.4. The van der Waals surface area contributed by atoms with Crippen molar-refractivity contribution >= 4 is 121 Å². The molecule has 0 saturated carbocycles. The molecule has 0 bridgehead atoms. The van der Waals surface area contributed by atoms with Crippen molar-refractivity contribution in [1.82, 2.24) is 0 Å². The summed E-state index contributed by atoms with van der Waals surface area (Å²) in [5.74, 6) is 2.17. The van der Waals surface area contributed by atoms with Crippen LogP contribution in [0.2, 0.25) is 0 Å². The van der Waals surface area contributed by atoms with Crippen LogP contribution in [0, 0.1) is 11.8 Å². The Morgan fingerprint density at radius 1 is 0.273 bits per heavy atom. The molecule has 2 nitrogen and oxygen atoms in total. The number of allylic oxidation sites excluding steroid dienone is 1. The summed E-state index contributed by atoms with van der Waals surface area (Å²) in [4.78, 5) is 50.2. The second-order valence-corrected chi connectivity index (χ2v) is 51.2. The first kappa shape index (κ1) is 107. The first-order valence-corrected chi connectivity index (χ1v) is 61.1. The zero-order chi connectivity index (χ0) is 91.4. The predicted molar refractivity (Wildman–Crippen MR) is 585 cm³/mol. The molecule has 4 unspecified atom stereocenters. The number of hydrogen-bond donors (Lipinski definition) is 0. The molecule has 4 atom stereocenters. The Kier molecular flexibility index (Phi) is 46.0. The topological polar surface area (TPSA) is 34.1 Å². The molecule has 8 heterocycles. The highest BCUT2D eigenvalue weighted by Crippen LogP contribution is 2.63. The van der Waals surface area contributed by atoms with Gasteiger partial charge in [0.25, 0.3) is 0 Å². The highest BCUT2D eigenvalue weighted by molar-refractivity contribution is 7.33. The van der Waals surface area contributed by atoms with Gasteiger partial charge in [-0.1, -0.05) is 457 Å². The molecule has 716 valence electrons. The van der Waals surface area contributed by atoms with Gasteiger partial charge in [0, 0.05) is 94.9 Å². The largest absolute Gasteiger partial charge is 0.293 e. The number of thiophene rings is 8. The summed E-state index contributed by atoms with van der Waals surface area (Å²) in [7, 11) is 0. The molecule has 10 heteroatoms. The van der Waals surface area contributed by atoms with Crippen molar-refractivity contribution in [2.24, 2.45) is 11.8 Å². The van der Waals surface area contributed by atoms with Crippen LogP contribution < -0.4 is 0 Å². The number of fused-ring (bicyclic) bond motifs is 8. The Bertz CT molecular complexity index is 4360. The molecule has 128 heavy (non-hydrogen) atoms. The van der Waals surface area contributed by atoms with E-state index in [4.69, 9.17) is 0 Å². The minimum Gasteiger partial charge on any atom is -0.293 e. The van der Waals surface area contributed by atoms with E-state index in [-0.39, 0.29) is 21.7 Å².